The lowest BCUT2D eigenvalue weighted by molar-refractivity contribution is 0.298. The van der Waals surface area contributed by atoms with E-state index in [9.17, 15) is 0 Å². The third kappa shape index (κ3) is 2.58. The van der Waals surface area contributed by atoms with E-state index in [2.05, 4.69) is 4.98 Å². The molecule has 1 aromatic carbocycles. The van der Waals surface area contributed by atoms with E-state index in [1.807, 2.05) is 42.8 Å². The summed E-state index contributed by atoms with van der Waals surface area (Å²) in [7, 11) is 0. The molecule has 2 aromatic rings. The van der Waals surface area contributed by atoms with Crippen LogP contribution in [0.15, 0.2) is 30.6 Å². The van der Waals surface area contributed by atoms with Gasteiger partial charge in [0.15, 0.2) is 0 Å². The summed E-state index contributed by atoms with van der Waals surface area (Å²) in [5, 5.41) is 0. The molecule has 0 bridgehead atoms. The second kappa shape index (κ2) is 4.91. The summed E-state index contributed by atoms with van der Waals surface area (Å²) in [4.78, 5) is 4.16. The molecule has 0 saturated heterocycles. The lowest BCUT2D eigenvalue weighted by atomic mass is 10.2. The summed E-state index contributed by atoms with van der Waals surface area (Å²) in [5.41, 5.74) is 7.69. The summed E-state index contributed by atoms with van der Waals surface area (Å²) in [6.07, 6.45) is 3.73. The first-order valence-corrected chi connectivity index (χ1v) is 5.64. The Morgan fingerprint density at radius 2 is 2.18 bits per heavy atom. The SMILES string of the molecule is Cc1cccc(OCCn2ccnc2C)c1N. The van der Waals surface area contributed by atoms with Crippen LogP contribution in [0.2, 0.25) is 0 Å². The van der Waals surface area contributed by atoms with E-state index >= 15 is 0 Å². The quantitative estimate of drug-likeness (QED) is 0.820. The maximum Gasteiger partial charge on any atom is 0.142 e. The number of nitrogens with two attached hydrogens (primary N) is 1. The average Bonchev–Trinajstić information content (AvgIpc) is 2.71. The number of imidazole rings is 1. The molecule has 0 radical (unpaired) electrons. The van der Waals surface area contributed by atoms with Gasteiger partial charge >= 0.3 is 0 Å². The first kappa shape index (κ1) is 11.5. The maximum absolute atomic E-state index is 5.93. The molecule has 0 spiro atoms. The molecule has 0 fully saturated rings. The van der Waals surface area contributed by atoms with Crippen molar-refractivity contribution in [1.82, 2.24) is 9.55 Å². The Balaban J connectivity index is 1.95. The minimum Gasteiger partial charge on any atom is -0.490 e. The maximum atomic E-state index is 5.93. The third-order valence-corrected chi connectivity index (χ3v) is 2.80. The highest BCUT2D eigenvalue weighted by Gasteiger charge is 2.02. The summed E-state index contributed by atoms with van der Waals surface area (Å²) in [6.45, 7) is 5.31. The molecule has 0 aliphatic rings. The normalized spacial score (nSPS) is 10.5. The zero-order chi connectivity index (χ0) is 12.3. The molecule has 1 heterocycles. The predicted octanol–water partition coefficient (Wildman–Crippen LogP) is 2.16. The second-order valence-electron chi connectivity index (χ2n) is 4.00. The van der Waals surface area contributed by atoms with Crippen molar-refractivity contribution >= 4 is 5.69 Å². The van der Waals surface area contributed by atoms with Gasteiger partial charge in [-0.05, 0) is 25.5 Å². The molecule has 0 amide bonds. The Hall–Kier alpha value is -1.97. The largest absolute Gasteiger partial charge is 0.490 e. The summed E-state index contributed by atoms with van der Waals surface area (Å²) in [5.74, 6) is 1.74. The van der Waals surface area contributed by atoms with Crippen LogP contribution in [-0.4, -0.2) is 16.2 Å². The number of hydrogen-bond donors (Lipinski definition) is 1. The van der Waals surface area contributed by atoms with E-state index in [1.54, 1.807) is 6.20 Å². The van der Waals surface area contributed by atoms with E-state index in [0.717, 1.165) is 29.4 Å². The molecule has 4 heteroatoms. The van der Waals surface area contributed by atoms with Crippen LogP contribution in [0.4, 0.5) is 5.69 Å². The van der Waals surface area contributed by atoms with Crippen molar-refractivity contribution in [1.29, 1.82) is 0 Å². The van der Waals surface area contributed by atoms with Crippen LogP contribution in [0, 0.1) is 13.8 Å². The Morgan fingerprint density at radius 3 is 2.88 bits per heavy atom. The van der Waals surface area contributed by atoms with Gasteiger partial charge < -0.3 is 15.0 Å². The zero-order valence-corrected chi connectivity index (χ0v) is 10.2. The topological polar surface area (TPSA) is 53.1 Å². The number of nitrogen functional groups attached to an aromatic ring is 1. The molecule has 90 valence electrons. The van der Waals surface area contributed by atoms with Crippen molar-refractivity contribution in [3.8, 4) is 5.75 Å². The van der Waals surface area contributed by atoms with Crippen LogP contribution in [0.25, 0.3) is 0 Å². The zero-order valence-electron chi connectivity index (χ0n) is 10.2. The minimum absolute atomic E-state index is 0.588. The van der Waals surface area contributed by atoms with Gasteiger partial charge in [-0.2, -0.15) is 0 Å². The summed E-state index contributed by atoms with van der Waals surface area (Å²) in [6, 6.07) is 5.81. The van der Waals surface area contributed by atoms with Gasteiger partial charge in [0.1, 0.15) is 18.2 Å². The fourth-order valence-electron chi connectivity index (χ4n) is 1.67. The van der Waals surface area contributed by atoms with Crippen LogP contribution >= 0.6 is 0 Å². The average molecular weight is 231 g/mol. The van der Waals surface area contributed by atoms with Crippen LogP contribution in [-0.2, 0) is 6.54 Å². The van der Waals surface area contributed by atoms with Gasteiger partial charge in [-0.15, -0.1) is 0 Å². The first-order chi connectivity index (χ1) is 8.18. The van der Waals surface area contributed by atoms with Crippen molar-refractivity contribution in [2.75, 3.05) is 12.3 Å². The van der Waals surface area contributed by atoms with Crippen LogP contribution in [0.3, 0.4) is 0 Å². The lowest BCUT2D eigenvalue weighted by Crippen LogP contribution is -2.09. The van der Waals surface area contributed by atoms with Gasteiger partial charge in [0, 0.05) is 12.4 Å². The molecule has 4 nitrogen and oxygen atoms in total. The van der Waals surface area contributed by atoms with E-state index in [-0.39, 0.29) is 0 Å². The number of nitrogens with zero attached hydrogens (tertiary/aromatic N) is 2. The fraction of sp³-hybridized carbons (Fsp3) is 0.308. The highest BCUT2D eigenvalue weighted by atomic mass is 16.5. The molecule has 0 atom stereocenters. The Kier molecular flexibility index (Phi) is 3.32. The molecule has 1 aromatic heterocycles. The van der Waals surface area contributed by atoms with Gasteiger partial charge in [-0.3, -0.25) is 0 Å². The molecule has 0 aliphatic carbocycles. The standard InChI is InChI=1S/C13H17N3O/c1-10-4-3-5-12(13(10)14)17-9-8-16-7-6-15-11(16)2/h3-7H,8-9,14H2,1-2H3. The number of aryl methyl sites for hydroxylation is 2. The molecular formula is C13H17N3O. The van der Waals surface area contributed by atoms with Crippen molar-refractivity contribution in [3.63, 3.8) is 0 Å². The number of para-hydroxylation sites is 1. The number of ether oxygens (including phenoxy) is 1. The first-order valence-electron chi connectivity index (χ1n) is 5.64. The smallest absolute Gasteiger partial charge is 0.142 e. The van der Waals surface area contributed by atoms with E-state index in [0.29, 0.717) is 6.61 Å². The van der Waals surface area contributed by atoms with Gasteiger partial charge in [-0.25, -0.2) is 4.98 Å². The minimum atomic E-state index is 0.588. The van der Waals surface area contributed by atoms with Crippen LogP contribution < -0.4 is 10.5 Å². The van der Waals surface area contributed by atoms with Crippen LogP contribution in [0.1, 0.15) is 11.4 Å². The molecular weight excluding hydrogens is 214 g/mol. The molecule has 17 heavy (non-hydrogen) atoms. The molecule has 2 rings (SSSR count). The second-order valence-corrected chi connectivity index (χ2v) is 4.00. The number of aromatic nitrogens is 2. The monoisotopic (exact) mass is 231 g/mol. The van der Waals surface area contributed by atoms with Gasteiger partial charge in [0.05, 0.1) is 12.2 Å². The van der Waals surface area contributed by atoms with Gasteiger partial charge in [0.25, 0.3) is 0 Å². The summed E-state index contributed by atoms with van der Waals surface area (Å²) >= 11 is 0. The van der Waals surface area contributed by atoms with Crippen LogP contribution in [0.5, 0.6) is 5.75 Å². The van der Waals surface area contributed by atoms with E-state index < -0.39 is 0 Å². The number of rotatable bonds is 4. The molecule has 0 unspecified atom stereocenters. The number of benzene rings is 1. The summed E-state index contributed by atoms with van der Waals surface area (Å²) < 4.78 is 7.72. The van der Waals surface area contributed by atoms with Gasteiger partial charge in [0.2, 0.25) is 0 Å². The van der Waals surface area contributed by atoms with Crippen molar-refractivity contribution < 1.29 is 4.74 Å². The lowest BCUT2D eigenvalue weighted by Gasteiger charge is -2.11. The van der Waals surface area contributed by atoms with Crippen molar-refractivity contribution in [2.24, 2.45) is 0 Å². The highest BCUT2D eigenvalue weighted by Crippen LogP contribution is 2.24. The number of anilines is 1. The van der Waals surface area contributed by atoms with E-state index in [1.165, 1.54) is 0 Å². The highest BCUT2D eigenvalue weighted by molar-refractivity contribution is 5.57. The van der Waals surface area contributed by atoms with Gasteiger partial charge in [-0.1, -0.05) is 12.1 Å². The molecule has 0 aliphatic heterocycles. The number of hydrogen-bond acceptors (Lipinski definition) is 3. The Morgan fingerprint density at radius 1 is 1.35 bits per heavy atom. The molecule has 0 saturated carbocycles. The predicted molar refractivity (Wildman–Crippen MR) is 68.1 cm³/mol. The van der Waals surface area contributed by atoms with Crippen molar-refractivity contribution in [3.05, 3.63) is 42.0 Å². The molecule has 2 N–H and O–H groups in total. The fourth-order valence-corrected chi connectivity index (χ4v) is 1.67. The third-order valence-electron chi connectivity index (χ3n) is 2.80. The Bertz CT molecular complexity index is 505. The Labute approximate surface area is 101 Å². The van der Waals surface area contributed by atoms with E-state index in [4.69, 9.17) is 10.5 Å². The van der Waals surface area contributed by atoms with Crippen molar-refractivity contribution in [2.45, 2.75) is 20.4 Å².